The number of carbonyl (C=O) groups is 2. The lowest BCUT2D eigenvalue weighted by atomic mass is 9.62. The number of amides is 1. The van der Waals surface area contributed by atoms with E-state index < -0.39 is 35.2 Å². The van der Waals surface area contributed by atoms with Crippen LogP contribution in [0.15, 0.2) is 36.4 Å². The van der Waals surface area contributed by atoms with Crippen molar-refractivity contribution < 1.29 is 19.1 Å². The van der Waals surface area contributed by atoms with E-state index in [2.05, 4.69) is 24.5 Å². The molecule has 0 radical (unpaired) electrons. The second kappa shape index (κ2) is 8.01. The average Bonchev–Trinajstić information content (AvgIpc) is 3.20. The van der Waals surface area contributed by atoms with Gasteiger partial charge in [-0.25, -0.2) is 4.39 Å². The monoisotopic (exact) mass is 478 g/mol. The molecule has 8 heteroatoms. The van der Waals surface area contributed by atoms with E-state index in [1.54, 1.807) is 24.3 Å². The number of hydrogen-bond donors (Lipinski definition) is 3. The number of halogens is 3. The summed E-state index contributed by atoms with van der Waals surface area (Å²) in [6, 6.07) is 7.81. The molecule has 2 aliphatic heterocycles. The molecule has 170 valence electrons. The maximum absolute atomic E-state index is 15.3. The fourth-order valence-electron chi connectivity index (χ4n) is 5.22. The SMILES string of the molecule is CCC(C)(C)CC1NC(C(=O)O)C(c2cccc(Cl)c2F)C12C(=O)Nc1cc(Cl)ccc12. The van der Waals surface area contributed by atoms with Crippen LogP contribution in [0.5, 0.6) is 0 Å². The zero-order valence-corrected chi connectivity index (χ0v) is 19.5. The fraction of sp³-hybridized carbons (Fsp3) is 0.417. The van der Waals surface area contributed by atoms with Gasteiger partial charge in [-0.3, -0.25) is 14.9 Å². The lowest BCUT2D eigenvalue weighted by Gasteiger charge is -2.38. The van der Waals surface area contributed by atoms with Crippen molar-refractivity contribution in [3.63, 3.8) is 0 Å². The minimum atomic E-state index is -1.35. The largest absolute Gasteiger partial charge is 0.480 e. The number of nitrogens with one attached hydrogen (secondary N) is 2. The molecule has 0 aromatic heterocycles. The molecule has 32 heavy (non-hydrogen) atoms. The van der Waals surface area contributed by atoms with Crippen LogP contribution in [0.25, 0.3) is 0 Å². The summed E-state index contributed by atoms with van der Waals surface area (Å²) in [4.78, 5) is 26.2. The van der Waals surface area contributed by atoms with Crippen molar-refractivity contribution in [2.45, 2.75) is 57.0 Å². The summed E-state index contributed by atoms with van der Waals surface area (Å²) >= 11 is 12.2. The molecule has 1 spiro atoms. The minimum Gasteiger partial charge on any atom is -0.480 e. The van der Waals surface area contributed by atoms with Gasteiger partial charge in [-0.15, -0.1) is 0 Å². The van der Waals surface area contributed by atoms with Crippen LogP contribution in [0.3, 0.4) is 0 Å². The Labute approximate surface area is 196 Å². The summed E-state index contributed by atoms with van der Waals surface area (Å²) in [6.45, 7) is 6.19. The summed E-state index contributed by atoms with van der Waals surface area (Å²) in [7, 11) is 0. The third-order valence-electron chi connectivity index (χ3n) is 7.10. The molecule has 4 unspecified atom stereocenters. The van der Waals surface area contributed by atoms with Gasteiger partial charge in [-0.2, -0.15) is 0 Å². The number of carboxylic acid groups (broad SMARTS) is 1. The van der Waals surface area contributed by atoms with Gasteiger partial charge in [0.1, 0.15) is 17.3 Å². The number of carbonyl (C=O) groups excluding carboxylic acids is 1. The van der Waals surface area contributed by atoms with Crippen LogP contribution in [-0.4, -0.2) is 29.1 Å². The van der Waals surface area contributed by atoms with Gasteiger partial charge in [0.2, 0.25) is 5.91 Å². The molecule has 2 aliphatic rings. The predicted octanol–water partition coefficient (Wildman–Crippen LogP) is 5.36. The molecule has 0 saturated carbocycles. The molecular formula is C24H25Cl2FN2O3. The van der Waals surface area contributed by atoms with Crippen LogP contribution in [0.4, 0.5) is 10.1 Å². The molecule has 2 aromatic carbocycles. The average molecular weight is 479 g/mol. The second-order valence-electron chi connectivity index (χ2n) is 9.39. The molecule has 1 saturated heterocycles. The van der Waals surface area contributed by atoms with Crippen molar-refractivity contribution in [3.05, 3.63) is 63.4 Å². The Bertz CT molecular complexity index is 1110. The van der Waals surface area contributed by atoms with Gasteiger partial charge in [0.15, 0.2) is 0 Å². The van der Waals surface area contributed by atoms with Gasteiger partial charge in [0.05, 0.1) is 5.02 Å². The third-order valence-corrected chi connectivity index (χ3v) is 7.63. The third kappa shape index (κ3) is 3.40. The van der Waals surface area contributed by atoms with Crippen LogP contribution < -0.4 is 10.6 Å². The highest BCUT2D eigenvalue weighted by atomic mass is 35.5. The number of hydrogen-bond acceptors (Lipinski definition) is 3. The summed E-state index contributed by atoms with van der Waals surface area (Å²) in [5, 5.41) is 16.5. The minimum absolute atomic E-state index is 0.104. The molecule has 1 fully saturated rings. The van der Waals surface area contributed by atoms with Gasteiger partial charge in [-0.1, -0.05) is 68.6 Å². The van der Waals surface area contributed by atoms with E-state index in [9.17, 15) is 14.7 Å². The van der Waals surface area contributed by atoms with E-state index >= 15 is 4.39 Å². The quantitative estimate of drug-likeness (QED) is 0.540. The Kier molecular flexibility index (Phi) is 5.76. The lowest BCUT2D eigenvalue weighted by molar-refractivity contribution is -0.139. The Hall–Kier alpha value is -2.15. The Morgan fingerprint density at radius 2 is 1.97 bits per heavy atom. The van der Waals surface area contributed by atoms with Crippen LogP contribution >= 0.6 is 23.2 Å². The van der Waals surface area contributed by atoms with Gasteiger partial charge in [0.25, 0.3) is 0 Å². The molecular weight excluding hydrogens is 454 g/mol. The topological polar surface area (TPSA) is 78.4 Å². The summed E-state index contributed by atoms with van der Waals surface area (Å²) in [5.74, 6) is -3.25. The number of rotatable bonds is 5. The molecule has 1 amide bonds. The Morgan fingerprint density at radius 3 is 2.62 bits per heavy atom. The first kappa shape index (κ1) is 23.0. The first-order valence-electron chi connectivity index (χ1n) is 10.6. The van der Waals surface area contributed by atoms with Crippen LogP contribution in [0, 0.1) is 11.2 Å². The highest BCUT2D eigenvalue weighted by molar-refractivity contribution is 6.31. The molecule has 0 aliphatic carbocycles. The van der Waals surface area contributed by atoms with Crippen molar-refractivity contribution in [2.75, 3.05) is 5.32 Å². The summed E-state index contributed by atoms with van der Waals surface area (Å²) in [6.07, 6.45) is 1.34. The summed E-state index contributed by atoms with van der Waals surface area (Å²) in [5.41, 5.74) is -0.301. The summed E-state index contributed by atoms with van der Waals surface area (Å²) < 4.78 is 15.3. The van der Waals surface area contributed by atoms with E-state index in [4.69, 9.17) is 23.2 Å². The van der Waals surface area contributed by atoms with E-state index in [1.165, 1.54) is 12.1 Å². The zero-order valence-electron chi connectivity index (χ0n) is 18.0. The molecule has 4 atom stereocenters. The van der Waals surface area contributed by atoms with Crippen LogP contribution in [-0.2, 0) is 15.0 Å². The number of aliphatic carboxylic acids is 1. The van der Waals surface area contributed by atoms with Gasteiger partial charge < -0.3 is 10.4 Å². The van der Waals surface area contributed by atoms with Crippen molar-refractivity contribution >= 4 is 40.8 Å². The maximum atomic E-state index is 15.3. The van der Waals surface area contributed by atoms with Crippen LogP contribution in [0.2, 0.25) is 10.0 Å². The normalized spacial score (nSPS) is 26.9. The van der Waals surface area contributed by atoms with Gasteiger partial charge >= 0.3 is 5.97 Å². The van der Waals surface area contributed by atoms with E-state index in [0.29, 0.717) is 22.7 Å². The smallest absolute Gasteiger partial charge is 0.321 e. The first-order valence-corrected chi connectivity index (χ1v) is 11.3. The molecule has 4 rings (SSSR count). The van der Waals surface area contributed by atoms with Crippen molar-refractivity contribution in [1.82, 2.24) is 5.32 Å². The molecule has 2 aromatic rings. The number of fused-ring (bicyclic) bond motifs is 2. The number of anilines is 1. The zero-order chi connectivity index (χ0) is 23.4. The number of carboxylic acids is 1. The predicted molar refractivity (Wildman–Crippen MR) is 123 cm³/mol. The first-order chi connectivity index (χ1) is 15.0. The molecule has 0 bridgehead atoms. The van der Waals surface area contributed by atoms with Crippen molar-refractivity contribution in [2.24, 2.45) is 5.41 Å². The molecule has 3 N–H and O–H groups in total. The van der Waals surface area contributed by atoms with E-state index in [1.807, 2.05) is 6.92 Å². The van der Waals surface area contributed by atoms with E-state index in [0.717, 1.165) is 6.42 Å². The molecule has 5 nitrogen and oxygen atoms in total. The van der Waals surface area contributed by atoms with Gasteiger partial charge in [-0.05, 0) is 41.2 Å². The van der Waals surface area contributed by atoms with Crippen LogP contribution in [0.1, 0.15) is 50.7 Å². The Morgan fingerprint density at radius 1 is 1.25 bits per heavy atom. The number of benzene rings is 2. The van der Waals surface area contributed by atoms with Crippen molar-refractivity contribution in [3.8, 4) is 0 Å². The van der Waals surface area contributed by atoms with Gasteiger partial charge in [0, 0.05) is 22.7 Å². The second-order valence-corrected chi connectivity index (χ2v) is 10.2. The van der Waals surface area contributed by atoms with E-state index in [-0.39, 0.29) is 21.9 Å². The highest BCUT2D eigenvalue weighted by Crippen LogP contribution is 2.57. The Balaban J connectivity index is 2.03. The van der Waals surface area contributed by atoms with Crippen molar-refractivity contribution in [1.29, 1.82) is 0 Å². The standard InChI is InChI=1S/C24H25Cl2FN2O3/c1-4-23(2,3)11-17-24(14-9-8-12(25)10-16(14)28-22(24)32)18(20(29-17)21(30)31)13-6-5-7-15(26)19(13)27/h5-10,17-18,20,29H,4,11H2,1-3H3,(H,28,32)(H,30,31). The highest BCUT2D eigenvalue weighted by Gasteiger charge is 2.66. The lowest BCUT2D eigenvalue weighted by Crippen LogP contribution is -2.50. The fourth-order valence-corrected chi connectivity index (χ4v) is 5.58. The maximum Gasteiger partial charge on any atom is 0.321 e. The molecule has 2 heterocycles.